The van der Waals surface area contributed by atoms with E-state index in [2.05, 4.69) is 21.4 Å². The molecule has 0 bridgehead atoms. The van der Waals surface area contributed by atoms with E-state index in [-0.39, 0.29) is 6.04 Å². The summed E-state index contributed by atoms with van der Waals surface area (Å²) in [6.45, 7) is 0. The Bertz CT molecular complexity index is 675. The molecule has 0 aliphatic carbocycles. The summed E-state index contributed by atoms with van der Waals surface area (Å²) in [5.74, 6) is 6.50. The van der Waals surface area contributed by atoms with Crippen molar-refractivity contribution < 1.29 is 4.42 Å². The quantitative estimate of drug-likeness (QED) is 0.571. The number of hydrogen-bond acceptors (Lipinski definition) is 3. The summed E-state index contributed by atoms with van der Waals surface area (Å²) in [5, 5.41) is 1.07. The van der Waals surface area contributed by atoms with E-state index in [1.165, 1.54) is 0 Å². The Hall–Kier alpha value is -1.62. The second kappa shape index (κ2) is 5.17. The second-order valence-corrected chi connectivity index (χ2v) is 5.16. The minimum absolute atomic E-state index is 0.178. The Morgan fingerprint density at radius 2 is 1.79 bits per heavy atom. The first-order chi connectivity index (χ1) is 9.29. The average molecular weight is 317 g/mol. The Labute approximate surface area is 119 Å². The van der Waals surface area contributed by atoms with Crippen LogP contribution in [-0.2, 0) is 0 Å². The third-order valence-electron chi connectivity index (χ3n) is 3.11. The van der Waals surface area contributed by atoms with Gasteiger partial charge in [-0.3, -0.25) is 5.84 Å². The molecule has 0 aliphatic rings. The van der Waals surface area contributed by atoms with Crippen LogP contribution in [0.5, 0.6) is 0 Å². The zero-order valence-electron chi connectivity index (χ0n) is 10.1. The molecule has 3 rings (SSSR count). The van der Waals surface area contributed by atoms with Crippen molar-refractivity contribution in [1.29, 1.82) is 0 Å². The molecule has 0 fully saturated rings. The van der Waals surface area contributed by atoms with Crippen molar-refractivity contribution in [1.82, 2.24) is 5.43 Å². The topological polar surface area (TPSA) is 51.2 Å². The third kappa shape index (κ3) is 2.30. The van der Waals surface area contributed by atoms with Crippen molar-refractivity contribution in [2.75, 3.05) is 0 Å². The summed E-state index contributed by atoms with van der Waals surface area (Å²) in [6, 6.07) is 17.7. The molecule has 2 aromatic carbocycles. The summed E-state index contributed by atoms with van der Waals surface area (Å²) < 4.78 is 6.87. The summed E-state index contributed by atoms with van der Waals surface area (Å²) >= 11 is 3.54. The Kier molecular flexibility index (Phi) is 3.38. The van der Waals surface area contributed by atoms with E-state index in [1.54, 1.807) is 0 Å². The van der Waals surface area contributed by atoms with Crippen molar-refractivity contribution in [2.24, 2.45) is 5.84 Å². The Balaban J connectivity index is 2.09. The van der Waals surface area contributed by atoms with Gasteiger partial charge >= 0.3 is 0 Å². The van der Waals surface area contributed by atoms with E-state index < -0.39 is 0 Å². The zero-order chi connectivity index (χ0) is 13.2. The molecule has 1 atom stereocenters. The van der Waals surface area contributed by atoms with E-state index in [4.69, 9.17) is 10.3 Å². The van der Waals surface area contributed by atoms with Crippen molar-refractivity contribution in [2.45, 2.75) is 6.04 Å². The SMILES string of the molecule is NNC(c1cc2ccccc2o1)c1ccccc1Br. The maximum absolute atomic E-state index is 5.87. The van der Waals surface area contributed by atoms with Crippen LogP contribution in [-0.4, -0.2) is 0 Å². The highest BCUT2D eigenvalue weighted by Gasteiger charge is 2.19. The number of fused-ring (bicyclic) bond motifs is 1. The van der Waals surface area contributed by atoms with E-state index in [0.29, 0.717) is 0 Å². The molecule has 3 nitrogen and oxygen atoms in total. The van der Waals surface area contributed by atoms with Gasteiger partial charge in [-0.2, -0.15) is 0 Å². The molecule has 0 spiro atoms. The third-order valence-corrected chi connectivity index (χ3v) is 3.83. The van der Waals surface area contributed by atoms with Crippen LogP contribution in [0, 0.1) is 0 Å². The molecular formula is C15H13BrN2O. The zero-order valence-corrected chi connectivity index (χ0v) is 11.7. The van der Waals surface area contributed by atoms with Crippen LogP contribution in [0.3, 0.4) is 0 Å². The predicted octanol–water partition coefficient (Wildman–Crippen LogP) is 3.75. The van der Waals surface area contributed by atoms with Gasteiger partial charge in [0, 0.05) is 9.86 Å². The van der Waals surface area contributed by atoms with Crippen LogP contribution in [0.2, 0.25) is 0 Å². The number of para-hydroxylation sites is 1. The smallest absolute Gasteiger partial charge is 0.134 e. The molecule has 0 amide bonds. The van der Waals surface area contributed by atoms with Gasteiger partial charge in [0.15, 0.2) is 0 Å². The summed E-state index contributed by atoms with van der Waals surface area (Å²) in [6.07, 6.45) is 0. The predicted molar refractivity (Wildman–Crippen MR) is 79.5 cm³/mol. The van der Waals surface area contributed by atoms with E-state index in [0.717, 1.165) is 26.8 Å². The Morgan fingerprint density at radius 3 is 2.53 bits per heavy atom. The lowest BCUT2D eigenvalue weighted by molar-refractivity contribution is 0.476. The maximum Gasteiger partial charge on any atom is 0.134 e. The van der Waals surface area contributed by atoms with Crippen LogP contribution in [0.4, 0.5) is 0 Å². The molecule has 19 heavy (non-hydrogen) atoms. The van der Waals surface area contributed by atoms with Gasteiger partial charge in [-0.1, -0.05) is 52.3 Å². The first-order valence-electron chi connectivity index (χ1n) is 5.98. The average Bonchev–Trinajstić information content (AvgIpc) is 2.85. The molecule has 0 saturated heterocycles. The van der Waals surface area contributed by atoms with Gasteiger partial charge in [-0.05, 0) is 23.8 Å². The van der Waals surface area contributed by atoms with Gasteiger partial charge in [0.25, 0.3) is 0 Å². The highest BCUT2D eigenvalue weighted by atomic mass is 79.9. The lowest BCUT2D eigenvalue weighted by atomic mass is 10.1. The van der Waals surface area contributed by atoms with Gasteiger partial charge < -0.3 is 4.42 Å². The van der Waals surface area contributed by atoms with E-state index >= 15 is 0 Å². The molecule has 1 aromatic heterocycles. The van der Waals surface area contributed by atoms with Crippen molar-refractivity contribution in [3.05, 3.63) is 70.4 Å². The fourth-order valence-corrected chi connectivity index (χ4v) is 2.69. The number of hydrazine groups is 1. The van der Waals surface area contributed by atoms with Crippen LogP contribution >= 0.6 is 15.9 Å². The molecule has 1 heterocycles. The summed E-state index contributed by atoms with van der Waals surface area (Å²) in [5.41, 5.74) is 4.72. The first-order valence-corrected chi connectivity index (χ1v) is 6.78. The van der Waals surface area contributed by atoms with Crippen LogP contribution in [0.1, 0.15) is 17.4 Å². The molecule has 96 valence electrons. The molecule has 4 heteroatoms. The number of rotatable bonds is 3. The molecule has 1 unspecified atom stereocenters. The van der Waals surface area contributed by atoms with E-state index in [9.17, 15) is 0 Å². The fraction of sp³-hybridized carbons (Fsp3) is 0.0667. The minimum Gasteiger partial charge on any atom is -0.459 e. The number of halogens is 1. The largest absolute Gasteiger partial charge is 0.459 e. The van der Waals surface area contributed by atoms with Crippen LogP contribution in [0.15, 0.2) is 63.5 Å². The van der Waals surface area contributed by atoms with Crippen LogP contribution < -0.4 is 11.3 Å². The van der Waals surface area contributed by atoms with E-state index in [1.807, 2.05) is 54.6 Å². The number of nitrogens with one attached hydrogen (secondary N) is 1. The lowest BCUT2D eigenvalue weighted by Gasteiger charge is -2.15. The van der Waals surface area contributed by atoms with Gasteiger partial charge in [-0.25, -0.2) is 5.43 Å². The number of hydrogen-bond donors (Lipinski definition) is 2. The van der Waals surface area contributed by atoms with Crippen LogP contribution in [0.25, 0.3) is 11.0 Å². The molecule has 0 saturated carbocycles. The highest BCUT2D eigenvalue weighted by molar-refractivity contribution is 9.10. The number of nitrogens with two attached hydrogens (primary N) is 1. The number of furan rings is 1. The van der Waals surface area contributed by atoms with Crippen molar-refractivity contribution in [3.63, 3.8) is 0 Å². The molecule has 0 radical (unpaired) electrons. The number of benzene rings is 2. The van der Waals surface area contributed by atoms with Crippen molar-refractivity contribution in [3.8, 4) is 0 Å². The molecule has 3 N–H and O–H groups in total. The highest BCUT2D eigenvalue weighted by Crippen LogP contribution is 2.31. The summed E-state index contributed by atoms with van der Waals surface area (Å²) in [4.78, 5) is 0. The monoisotopic (exact) mass is 316 g/mol. The standard InChI is InChI=1S/C15H13BrN2O/c16-12-7-3-2-6-11(12)15(18-17)14-9-10-5-1-4-8-13(10)19-14/h1-9,15,18H,17H2. The van der Waals surface area contributed by atoms with Gasteiger partial charge in [0.05, 0.1) is 0 Å². The van der Waals surface area contributed by atoms with Gasteiger partial charge in [0.1, 0.15) is 17.4 Å². The first kappa shape index (κ1) is 12.4. The normalized spacial score (nSPS) is 12.7. The molecular weight excluding hydrogens is 304 g/mol. The maximum atomic E-state index is 5.87. The van der Waals surface area contributed by atoms with Gasteiger partial charge in [-0.15, -0.1) is 0 Å². The Morgan fingerprint density at radius 1 is 1.05 bits per heavy atom. The molecule has 0 aliphatic heterocycles. The fourth-order valence-electron chi connectivity index (χ4n) is 2.18. The lowest BCUT2D eigenvalue weighted by Crippen LogP contribution is -2.28. The second-order valence-electron chi connectivity index (χ2n) is 4.31. The molecule has 3 aromatic rings. The minimum atomic E-state index is -0.178. The summed E-state index contributed by atoms with van der Waals surface area (Å²) in [7, 11) is 0. The van der Waals surface area contributed by atoms with Crippen molar-refractivity contribution >= 4 is 26.9 Å². The van der Waals surface area contributed by atoms with Gasteiger partial charge in [0.2, 0.25) is 0 Å².